The van der Waals surface area contributed by atoms with E-state index in [4.69, 9.17) is 9.47 Å². The van der Waals surface area contributed by atoms with E-state index in [1.807, 2.05) is 20.8 Å². The molecule has 0 aromatic carbocycles. The van der Waals surface area contributed by atoms with Crippen molar-refractivity contribution in [1.82, 2.24) is 5.32 Å². The van der Waals surface area contributed by atoms with Gasteiger partial charge in [0.1, 0.15) is 5.60 Å². The number of nitrogens with one attached hydrogen (secondary N) is 1. The first kappa shape index (κ1) is 17.8. The zero-order chi connectivity index (χ0) is 15.9. The van der Waals surface area contributed by atoms with Crippen molar-refractivity contribution in [1.29, 1.82) is 0 Å². The van der Waals surface area contributed by atoms with Gasteiger partial charge in [-0.15, -0.1) is 0 Å². The average Bonchev–Trinajstić information content (AvgIpc) is 2.35. The highest BCUT2D eigenvalue weighted by molar-refractivity contribution is 5.67. The van der Waals surface area contributed by atoms with Crippen molar-refractivity contribution in [2.75, 3.05) is 13.2 Å². The number of amides is 1. The highest BCUT2D eigenvalue weighted by atomic mass is 16.6. The number of carbonyl (C=O) groups is 2. The summed E-state index contributed by atoms with van der Waals surface area (Å²) >= 11 is 0. The van der Waals surface area contributed by atoms with Gasteiger partial charge >= 0.3 is 12.1 Å². The van der Waals surface area contributed by atoms with Crippen molar-refractivity contribution in [3.05, 3.63) is 0 Å². The van der Waals surface area contributed by atoms with Crippen LogP contribution >= 0.6 is 0 Å². The van der Waals surface area contributed by atoms with E-state index in [0.29, 0.717) is 25.0 Å². The van der Waals surface area contributed by atoms with Crippen molar-refractivity contribution in [2.24, 2.45) is 11.8 Å². The van der Waals surface area contributed by atoms with Gasteiger partial charge in [0.05, 0.1) is 6.61 Å². The third-order valence-corrected chi connectivity index (χ3v) is 3.71. The van der Waals surface area contributed by atoms with E-state index in [9.17, 15) is 9.59 Å². The highest BCUT2D eigenvalue weighted by Gasteiger charge is 2.22. The summed E-state index contributed by atoms with van der Waals surface area (Å²) in [7, 11) is 0. The molecule has 1 saturated carbocycles. The molecule has 0 atom stereocenters. The number of carbonyl (C=O) groups excluding carboxylic acids is 2. The van der Waals surface area contributed by atoms with Crippen LogP contribution in [0, 0.1) is 11.8 Å². The molecule has 21 heavy (non-hydrogen) atoms. The third-order valence-electron chi connectivity index (χ3n) is 3.71. The lowest BCUT2D eigenvalue weighted by molar-refractivity contribution is -0.142. The molecule has 0 radical (unpaired) electrons. The highest BCUT2D eigenvalue weighted by Crippen LogP contribution is 2.30. The smallest absolute Gasteiger partial charge is 0.407 e. The molecule has 1 rings (SSSR count). The Kier molecular flexibility index (Phi) is 6.99. The van der Waals surface area contributed by atoms with Crippen molar-refractivity contribution in [3.63, 3.8) is 0 Å². The zero-order valence-electron chi connectivity index (χ0n) is 13.7. The monoisotopic (exact) mass is 299 g/mol. The standard InChI is InChI=1S/C16H29NO4/c1-12(18)20-11-14-7-5-13(6-8-14)9-10-17-15(19)21-16(2,3)4/h13-14H,5-11H2,1-4H3,(H,17,19). The molecule has 1 amide bonds. The molecule has 122 valence electrons. The van der Waals surface area contributed by atoms with Crippen LogP contribution in [-0.2, 0) is 14.3 Å². The van der Waals surface area contributed by atoms with Gasteiger partial charge in [-0.05, 0) is 64.7 Å². The van der Waals surface area contributed by atoms with Crippen LogP contribution in [0.5, 0.6) is 0 Å². The van der Waals surface area contributed by atoms with Crippen LogP contribution in [0.2, 0.25) is 0 Å². The second-order valence-corrected chi connectivity index (χ2v) is 6.91. The molecule has 0 aromatic heterocycles. The fraction of sp³-hybridized carbons (Fsp3) is 0.875. The summed E-state index contributed by atoms with van der Waals surface area (Å²) in [5.74, 6) is 0.955. The van der Waals surface area contributed by atoms with Crippen molar-refractivity contribution < 1.29 is 19.1 Å². The van der Waals surface area contributed by atoms with Crippen LogP contribution in [0.4, 0.5) is 4.79 Å². The van der Waals surface area contributed by atoms with Gasteiger partial charge in [-0.25, -0.2) is 4.79 Å². The van der Waals surface area contributed by atoms with E-state index < -0.39 is 5.60 Å². The minimum Gasteiger partial charge on any atom is -0.466 e. The molecule has 1 fully saturated rings. The van der Waals surface area contributed by atoms with E-state index in [-0.39, 0.29) is 12.1 Å². The predicted molar refractivity (Wildman–Crippen MR) is 80.9 cm³/mol. The topological polar surface area (TPSA) is 64.6 Å². The van der Waals surface area contributed by atoms with Gasteiger partial charge < -0.3 is 14.8 Å². The molecule has 0 bridgehead atoms. The summed E-state index contributed by atoms with van der Waals surface area (Å²) in [6, 6.07) is 0. The Bertz CT molecular complexity index is 341. The summed E-state index contributed by atoms with van der Waals surface area (Å²) in [6.07, 6.45) is 5.13. The molecule has 5 nitrogen and oxygen atoms in total. The Morgan fingerprint density at radius 1 is 1.10 bits per heavy atom. The molecular formula is C16H29NO4. The molecule has 0 spiro atoms. The van der Waals surface area contributed by atoms with Gasteiger partial charge in [0, 0.05) is 13.5 Å². The van der Waals surface area contributed by atoms with Crippen LogP contribution in [0.3, 0.4) is 0 Å². The third kappa shape index (κ3) is 8.58. The average molecular weight is 299 g/mol. The lowest BCUT2D eigenvalue weighted by atomic mass is 9.81. The van der Waals surface area contributed by atoms with E-state index in [1.54, 1.807) is 0 Å². The van der Waals surface area contributed by atoms with E-state index in [0.717, 1.165) is 32.1 Å². The number of esters is 1. The molecule has 0 aliphatic heterocycles. The molecule has 1 aliphatic rings. The number of alkyl carbamates (subject to hydrolysis) is 1. The first-order valence-corrected chi connectivity index (χ1v) is 7.86. The maximum Gasteiger partial charge on any atom is 0.407 e. The predicted octanol–water partition coefficient (Wildman–Crippen LogP) is 3.27. The minimum absolute atomic E-state index is 0.196. The number of hydrogen-bond donors (Lipinski definition) is 1. The Morgan fingerprint density at radius 2 is 1.67 bits per heavy atom. The van der Waals surface area contributed by atoms with Gasteiger partial charge in [0.15, 0.2) is 0 Å². The minimum atomic E-state index is -0.446. The van der Waals surface area contributed by atoms with E-state index in [2.05, 4.69) is 5.32 Å². The maximum atomic E-state index is 11.5. The molecule has 5 heteroatoms. The van der Waals surface area contributed by atoms with Crippen LogP contribution in [-0.4, -0.2) is 30.8 Å². The second kappa shape index (κ2) is 8.25. The molecule has 1 N–H and O–H groups in total. The summed E-state index contributed by atoms with van der Waals surface area (Å²) in [5.41, 5.74) is -0.446. The Labute approximate surface area is 127 Å². The maximum absolute atomic E-state index is 11.5. The SMILES string of the molecule is CC(=O)OCC1CCC(CCNC(=O)OC(C)(C)C)CC1. The summed E-state index contributed by atoms with van der Waals surface area (Å²) in [4.78, 5) is 22.3. The summed E-state index contributed by atoms with van der Waals surface area (Å²) in [5, 5.41) is 2.81. The molecule has 0 heterocycles. The normalized spacial score (nSPS) is 22.5. The van der Waals surface area contributed by atoms with Crippen LogP contribution in [0.25, 0.3) is 0 Å². The molecule has 0 saturated heterocycles. The van der Waals surface area contributed by atoms with Gasteiger partial charge in [0.2, 0.25) is 0 Å². The Hall–Kier alpha value is -1.26. The summed E-state index contributed by atoms with van der Waals surface area (Å²) < 4.78 is 10.3. The fourth-order valence-corrected chi connectivity index (χ4v) is 2.61. The molecular weight excluding hydrogens is 270 g/mol. The van der Waals surface area contributed by atoms with Crippen LogP contribution in [0.15, 0.2) is 0 Å². The first-order chi connectivity index (χ1) is 9.76. The van der Waals surface area contributed by atoms with Crippen molar-refractivity contribution in [2.45, 2.75) is 65.4 Å². The van der Waals surface area contributed by atoms with E-state index in [1.165, 1.54) is 6.92 Å². The van der Waals surface area contributed by atoms with Gasteiger partial charge in [-0.3, -0.25) is 4.79 Å². The van der Waals surface area contributed by atoms with Crippen molar-refractivity contribution in [3.8, 4) is 0 Å². The lowest BCUT2D eigenvalue weighted by Gasteiger charge is -2.28. The molecule has 0 unspecified atom stereocenters. The zero-order valence-corrected chi connectivity index (χ0v) is 13.7. The van der Waals surface area contributed by atoms with Crippen molar-refractivity contribution >= 4 is 12.1 Å². The number of hydrogen-bond acceptors (Lipinski definition) is 4. The van der Waals surface area contributed by atoms with E-state index >= 15 is 0 Å². The number of rotatable bonds is 5. The van der Waals surface area contributed by atoms with Gasteiger partial charge in [-0.2, -0.15) is 0 Å². The van der Waals surface area contributed by atoms with Gasteiger partial charge in [0.25, 0.3) is 0 Å². The summed E-state index contributed by atoms with van der Waals surface area (Å²) in [6.45, 7) is 8.24. The number of ether oxygens (including phenoxy) is 2. The Balaban J connectivity index is 2.10. The Morgan fingerprint density at radius 3 is 2.19 bits per heavy atom. The quantitative estimate of drug-likeness (QED) is 0.791. The fourth-order valence-electron chi connectivity index (χ4n) is 2.61. The first-order valence-electron chi connectivity index (χ1n) is 7.86. The molecule has 1 aliphatic carbocycles. The molecule has 0 aromatic rings. The van der Waals surface area contributed by atoms with Gasteiger partial charge in [-0.1, -0.05) is 0 Å². The second-order valence-electron chi connectivity index (χ2n) is 6.91. The van der Waals surface area contributed by atoms with Crippen LogP contribution in [0.1, 0.15) is 59.8 Å². The lowest BCUT2D eigenvalue weighted by Crippen LogP contribution is -2.33. The van der Waals surface area contributed by atoms with Crippen LogP contribution < -0.4 is 5.32 Å². The largest absolute Gasteiger partial charge is 0.466 e.